The van der Waals surface area contributed by atoms with Gasteiger partial charge >= 0.3 is 0 Å². The van der Waals surface area contributed by atoms with Crippen LogP contribution in [0.25, 0.3) is 0 Å². The molecule has 19 heavy (non-hydrogen) atoms. The van der Waals surface area contributed by atoms with Crippen molar-refractivity contribution in [1.82, 2.24) is 0 Å². The number of phenols is 1. The Kier molecular flexibility index (Phi) is 4.61. The third kappa shape index (κ3) is 3.58. The van der Waals surface area contributed by atoms with E-state index in [0.29, 0.717) is 11.3 Å². The molecule has 3 nitrogen and oxygen atoms in total. The van der Waals surface area contributed by atoms with E-state index in [9.17, 15) is 5.11 Å². The van der Waals surface area contributed by atoms with E-state index in [2.05, 4.69) is 36.9 Å². The summed E-state index contributed by atoms with van der Waals surface area (Å²) in [5.74, 6) is 0.484. The Balaban J connectivity index is 2.32. The molecule has 0 unspecified atom stereocenters. The molecule has 0 saturated carbocycles. The fourth-order valence-electron chi connectivity index (χ4n) is 1.52. The van der Waals surface area contributed by atoms with Crippen LogP contribution in [-0.2, 0) is 0 Å². The molecule has 0 bridgehead atoms. The summed E-state index contributed by atoms with van der Waals surface area (Å²) in [5, 5.41) is 9.99. The second kappa shape index (κ2) is 6.21. The molecular weight excluding hydrogens is 374 g/mol. The minimum Gasteiger partial charge on any atom is -0.504 e. The Labute approximate surface area is 128 Å². The summed E-state index contributed by atoms with van der Waals surface area (Å²) in [6.07, 6.45) is 1.60. The monoisotopic (exact) mass is 383 g/mol. The molecule has 2 aromatic carbocycles. The topological polar surface area (TPSA) is 41.8 Å². The first-order chi connectivity index (χ1) is 9.10. The Bertz CT molecular complexity index is 610. The lowest BCUT2D eigenvalue weighted by Gasteiger charge is -2.06. The summed E-state index contributed by atoms with van der Waals surface area (Å²) in [4.78, 5) is 4.31. The molecule has 0 atom stereocenters. The molecule has 0 amide bonds. The van der Waals surface area contributed by atoms with Gasteiger partial charge < -0.3 is 9.84 Å². The first-order valence-electron chi connectivity index (χ1n) is 5.46. The van der Waals surface area contributed by atoms with E-state index in [1.807, 2.05) is 24.3 Å². The predicted octanol–water partition coefficient (Wildman–Crippen LogP) is 4.68. The van der Waals surface area contributed by atoms with Crippen LogP contribution in [0.2, 0.25) is 0 Å². The number of benzene rings is 2. The number of aliphatic imine (C=N–C) groups is 1. The maximum absolute atomic E-state index is 9.99. The van der Waals surface area contributed by atoms with Crippen LogP contribution in [0.3, 0.4) is 0 Å². The average molecular weight is 385 g/mol. The quantitative estimate of drug-likeness (QED) is 0.780. The van der Waals surface area contributed by atoms with Gasteiger partial charge in [0.1, 0.15) is 0 Å². The van der Waals surface area contributed by atoms with Crippen LogP contribution in [0.5, 0.6) is 11.5 Å². The lowest BCUT2D eigenvalue weighted by atomic mass is 10.2. The molecule has 2 rings (SSSR count). The molecular formula is C14H11Br2NO2. The normalized spacial score (nSPS) is 10.9. The van der Waals surface area contributed by atoms with E-state index in [-0.39, 0.29) is 5.75 Å². The van der Waals surface area contributed by atoms with E-state index in [4.69, 9.17) is 4.74 Å². The number of halogens is 2. The van der Waals surface area contributed by atoms with Gasteiger partial charge in [0.15, 0.2) is 11.5 Å². The molecule has 98 valence electrons. The van der Waals surface area contributed by atoms with Crippen molar-refractivity contribution in [2.45, 2.75) is 0 Å². The van der Waals surface area contributed by atoms with Gasteiger partial charge in [0.05, 0.1) is 12.8 Å². The van der Waals surface area contributed by atoms with Crippen LogP contribution in [0.1, 0.15) is 5.56 Å². The number of hydrogen-bond acceptors (Lipinski definition) is 3. The molecule has 0 aliphatic rings. The molecule has 1 N–H and O–H groups in total. The van der Waals surface area contributed by atoms with Crippen LogP contribution in [0.4, 0.5) is 5.69 Å². The third-order valence-electron chi connectivity index (χ3n) is 2.47. The van der Waals surface area contributed by atoms with Gasteiger partial charge in [0.25, 0.3) is 0 Å². The van der Waals surface area contributed by atoms with Gasteiger partial charge in [-0.2, -0.15) is 0 Å². The van der Waals surface area contributed by atoms with Crippen LogP contribution in [-0.4, -0.2) is 18.4 Å². The fourth-order valence-corrected chi connectivity index (χ4v) is 2.24. The minimum atomic E-state index is 0.0755. The van der Waals surface area contributed by atoms with Crippen molar-refractivity contribution in [2.75, 3.05) is 7.11 Å². The van der Waals surface area contributed by atoms with Gasteiger partial charge in [0, 0.05) is 20.7 Å². The molecule has 0 heterocycles. The van der Waals surface area contributed by atoms with Crippen molar-refractivity contribution < 1.29 is 9.84 Å². The van der Waals surface area contributed by atoms with Crippen molar-refractivity contribution in [3.63, 3.8) is 0 Å². The van der Waals surface area contributed by atoms with Crippen LogP contribution < -0.4 is 4.74 Å². The number of aromatic hydroxyl groups is 1. The van der Waals surface area contributed by atoms with Gasteiger partial charge in [-0.25, -0.2) is 0 Å². The molecule has 2 aromatic rings. The zero-order chi connectivity index (χ0) is 13.8. The van der Waals surface area contributed by atoms with Crippen molar-refractivity contribution in [2.24, 2.45) is 4.99 Å². The summed E-state index contributed by atoms with van der Waals surface area (Å²) in [6, 6.07) is 11.1. The van der Waals surface area contributed by atoms with Crippen molar-refractivity contribution in [3.05, 3.63) is 50.9 Å². The number of nitrogens with zero attached hydrogens (tertiary/aromatic N) is 1. The Morgan fingerprint density at radius 1 is 1.11 bits per heavy atom. The van der Waals surface area contributed by atoms with E-state index in [0.717, 1.165) is 14.6 Å². The number of ether oxygens (including phenoxy) is 1. The standard InChI is InChI=1S/C14H11Br2NO2/c1-19-13-7-11(16)6-9(14(13)18)8-17-12-4-2-10(15)3-5-12/h2-8,18H,1H3. The summed E-state index contributed by atoms with van der Waals surface area (Å²) in [5.41, 5.74) is 1.40. The minimum absolute atomic E-state index is 0.0755. The average Bonchev–Trinajstić information content (AvgIpc) is 2.41. The van der Waals surface area contributed by atoms with E-state index < -0.39 is 0 Å². The van der Waals surface area contributed by atoms with Crippen molar-refractivity contribution >= 4 is 43.8 Å². The lowest BCUT2D eigenvalue weighted by molar-refractivity contribution is 0.373. The Morgan fingerprint density at radius 3 is 2.42 bits per heavy atom. The van der Waals surface area contributed by atoms with Gasteiger partial charge in [-0.3, -0.25) is 4.99 Å². The van der Waals surface area contributed by atoms with Gasteiger partial charge in [-0.15, -0.1) is 0 Å². The molecule has 0 saturated heterocycles. The van der Waals surface area contributed by atoms with Gasteiger partial charge in [0.2, 0.25) is 0 Å². The van der Waals surface area contributed by atoms with Crippen LogP contribution in [0.15, 0.2) is 50.3 Å². The second-order valence-electron chi connectivity index (χ2n) is 3.78. The summed E-state index contributed by atoms with van der Waals surface area (Å²) >= 11 is 6.73. The summed E-state index contributed by atoms with van der Waals surface area (Å²) < 4.78 is 6.90. The molecule has 0 radical (unpaired) electrons. The molecule has 5 heteroatoms. The van der Waals surface area contributed by atoms with E-state index in [1.54, 1.807) is 18.3 Å². The zero-order valence-corrected chi connectivity index (χ0v) is 13.3. The van der Waals surface area contributed by atoms with E-state index >= 15 is 0 Å². The predicted molar refractivity (Wildman–Crippen MR) is 83.8 cm³/mol. The highest BCUT2D eigenvalue weighted by Gasteiger charge is 2.07. The number of phenolic OH excluding ortho intramolecular Hbond substituents is 1. The fraction of sp³-hybridized carbons (Fsp3) is 0.0714. The molecule has 0 aromatic heterocycles. The van der Waals surface area contributed by atoms with Crippen molar-refractivity contribution in [1.29, 1.82) is 0 Å². The third-order valence-corrected chi connectivity index (χ3v) is 3.45. The smallest absolute Gasteiger partial charge is 0.166 e. The highest BCUT2D eigenvalue weighted by atomic mass is 79.9. The van der Waals surface area contributed by atoms with Crippen LogP contribution in [0, 0.1) is 0 Å². The first-order valence-corrected chi connectivity index (χ1v) is 7.05. The summed E-state index contributed by atoms with van der Waals surface area (Å²) in [6.45, 7) is 0. The van der Waals surface area contributed by atoms with Gasteiger partial charge in [-0.05, 0) is 36.4 Å². The highest BCUT2D eigenvalue weighted by Crippen LogP contribution is 2.32. The number of methoxy groups -OCH3 is 1. The summed E-state index contributed by atoms with van der Waals surface area (Å²) in [7, 11) is 1.51. The van der Waals surface area contributed by atoms with E-state index in [1.165, 1.54) is 7.11 Å². The molecule has 0 fully saturated rings. The molecule has 0 aliphatic carbocycles. The lowest BCUT2D eigenvalue weighted by Crippen LogP contribution is -1.89. The molecule has 0 spiro atoms. The Morgan fingerprint density at radius 2 is 1.79 bits per heavy atom. The SMILES string of the molecule is COc1cc(Br)cc(C=Nc2ccc(Br)cc2)c1O. The number of rotatable bonds is 3. The first kappa shape index (κ1) is 14.1. The van der Waals surface area contributed by atoms with Gasteiger partial charge in [-0.1, -0.05) is 31.9 Å². The highest BCUT2D eigenvalue weighted by molar-refractivity contribution is 9.10. The molecule has 0 aliphatic heterocycles. The van der Waals surface area contributed by atoms with Crippen molar-refractivity contribution in [3.8, 4) is 11.5 Å². The largest absolute Gasteiger partial charge is 0.504 e. The second-order valence-corrected chi connectivity index (χ2v) is 5.61. The maximum Gasteiger partial charge on any atom is 0.166 e. The Hall–Kier alpha value is -1.33. The van der Waals surface area contributed by atoms with Crippen LogP contribution >= 0.6 is 31.9 Å². The number of hydrogen-bond donors (Lipinski definition) is 1. The maximum atomic E-state index is 9.99. The zero-order valence-electron chi connectivity index (χ0n) is 10.1.